The molecule has 0 atom stereocenters. The number of imide groups is 1. The van der Waals surface area contributed by atoms with E-state index in [1.807, 2.05) is 0 Å². The second kappa shape index (κ2) is 6.79. The van der Waals surface area contributed by atoms with Crippen LogP contribution in [-0.2, 0) is 4.79 Å². The molecule has 1 heterocycles. The van der Waals surface area contributed by atoms with Crippen LogP contribution in [0.5, 0.6) is 0 Å². The number of anilines is 1. The normalized spacial score (nSPS) is 12.9. The average molecular weight is 352 g/mol. The summed E-state index contributed by atoms with van der Waals surface area (Å²) in [4.78, 5) is 48.9. The van der Waals surface area contributed by atoms with Crippen LogP contribution in [0.3, 0.4) is 0 Å². The number of carbonyl (C=O) groups is 4. The third kappa shape index (κ3) is 3.06. The van der Waals surface area contributed by atoms with Gasteiger partial charge in [-0.05, 0) is 36.8 Å². The van der Waals surface area contributed by atoms with Gasteiger partial charge in [0.05, 0.1) is 16.7 Å². The van der Waals surface area contributed by atoms with Crippen LogP contribution >= 0.6 is 0 Å². The third-order valence-corrected chi connectivity index (χ3v) is 4.28. The first-order valence-electron chi connectivity index (χ1n) is 7.98. The van der Waals surface area contributed by atoms with Crippen molar-refractivity contribution in [2.24, 2.45) is 0 Å². The molecule has 2 N–H and O–H groups in total. The highest BCUT2D eigenvalue weighted by molar-refractivity contribution is 6.21. The van der Waals surface area contributed by atoms with Gasteiger partial charge >= 0.3 is 5.97 Å². The molecule has 0 saturated carbocycles. The van der Waals surface area contributed by atoms with Crippen molar-refractivity contribution in [3.63, 3.8) is 0 Å². The van der Waals surface area contributed by atoms with E-state index in [0.717, 1.165) is 4.90 Å². The molecule has 3 amide bonds. The van der Waals surface area contributed by atoms with Gasteiger partial charge in [-0.1, -0.05) is 18.2 Å². The highest BCUT2D eigenvalue weighted by Crippen LogP contribution is 2.23. The number of carbonyl (C=O) groups excluding carboxylic acids is 3. The molecule has 0 radical (unpaired) electrons. The fourth-order valence-electron chi connectivity index (χ4n) is 2.87. The third-order valence-electron chi connectivity index (χ3n) is 4.28. The molecule has 0 saturated heterocycles. The van der Waals surface area contributed by atoms with E-state index in [4.69, 9.17) is 5.11 Å². The number of fused-ring (bicyclic) bond motifs is 1. The molecule has 1 aliphatic rings. The summed E-state index contributed by atoms with van der Waals surface area (Å²) in [6.45, 7) is 1.55. The van der Waals surface area contributed by atoms with Gasteiger partial charge in [-0.25, -0.2) is 4.79 Å². The van der Waals surface area contributed by atoms with Crippen molar-refractivity contribution >= 4 is 29.4 Å². The van der Waals surface area contributed by atoms with Crippen LogP contribution in [-0.4, -0.2) is 40.2 Å². The second-order valence-electron chi connectivity index (χ2n) is 5.89. The second-order valence-corrected chi connectivity index (χ2v) is 5.89. The number of carboxylic acid groups (broad SMARTS) is 1. The van der Waals surface area contributed by atoms with Crippen molar-refractivity contribution in [3.05, 3.63) is 64.7 Å². The molecule has 0 fully saturated rings. The molecule has 1 aliphatic heterocycles. The summed E-state index contributed by atoms with van der Waals surface area (Å²) in [5.74, 6) is -2.32. The molecule has 2 aromatic rings. The van der Waals surface area contributed by atoms with Gasteiger partial charge < -0.3 is 10.4 Å². The zero-order valence-corrected chi connectivity index (χ0v) is 14.0. The highest BCUT2D eigenvalue weighted by atomic mass is 16.4. The van der Waals surface area contributed by atoms with Gasteiger partial charge in [0.25, 0.3) is 11.8 Å². The Morgan fingerprint density at radius 1 is 1.00 bits per heavy atom. The Balaban J connectivity index is 1.66. The summed E-state index contributed by atoms with van der Waals surface area (Å²) in [6, 6.07) is 11.1. The summed E-state index contributed by atoms with van der Waals surface area (Å²) < 4.78 is 0. The molecule has 26 heavy (non-hydrogen) atoms. The smallest absolute Gasteiger partial charge is 0.336 e. The molecule has 0 bridgehead atoms. The predicted octanol–water partition coefficient (Wildman–Crippen LogP) is 2.32. The summed E-state index contributed by atoms with van der Waals surface area (Å²) in [7, 11) is 0. The number of benzene rings is 2. The minimum atomic E-state index is -1.08. The Labute approximate surface area is 149 Å². The SMILES string of the molecule is Cc1c(NC(=O)CCN2C(=O)c3ccccc3C2=O)cccc1C(=O)O. The summed E-state index contributed by atoms with van der Waals surface area (Å²) in [5.41, 5.74) is 1.60. The maximum absolute atomic E-state index is 12.3. The van der Waals surface area contributed by atoms with Gasteiger partial charge in [0.1, 0.15) is 0 Å². The van der Waals surface area contributed by atoms with Gasteiger partial charge in [-0.3, -0.25) is 19.3 Å². The molecule has 3 rings (SSSR count). The molecule has 0 aliphatic carbocycles. The van der Waals surface area contributed by atoms with Gasteiger partial charge in [-0.15, -0.1) is 0 Å². The Hall–Kier alpha value is -3.48. The van der Waals surface area contributed by atoms with Gasteiger partial charge in [0, 0.05) is 18.7 Å². The molecule has 132 valence electrons. The minimum Gasteiger partial charge on any atom is -0.478 e. The largest absolute Gasteiger partial charge is 0.478 e. The molecule has 7 heteroatoms. The number of hydrogen-bond donors (Lipinski definition) is 2. The number of carboxylic acids is 1. The van der Waals surface area contributed by atoms with Crippen LogP contribution in [0.15, 0.2) is 42.5 Å². The summed E-state index contributed by atoms with van der Waals surface area (Å²) >= 11 is 0. The van der Waals surface area contributed by atoms with E-state index in [-0.39, 0.29) is 18.5 Å². The molecule has 0 aromatic heterocycles. The monoisotopic (exact) mass is 352 g/mol. The quantitative estimate of drug-likeness (QED) is 0.804. The lowest BCUT2D eigenvalue weighted by molar-refractivity contribution is -0.116. The first-order chi connectivity index (χ1) is 12.4. The zero-order valence-electron chi connectivity index (χ0n) is 14.0. The van der Waals surface area contributed by atoms with Crippen LogP contribution in [0.1, 0.15) is 43.1 Å². The van der Waals surface area contributed by atoms with Crippen LogP contribution in [0.25, 0.3) is 0 Å². The number of hydrogen-bond acceptors (Lipinski definition) is 4. The minimum absolute atomic E-state index is 0.0458. The molecule has 0 spiro atoms. The number of amides is 3. The van der Waals surface area contributed by atoms with E-state index in [1.165, 1.54) is 12.1 Å². The van der Waals surface area contributed by atoms with Crippen molar-refractivity contribution in [2.45, 2.75) is 13.3 Å². The highest BCUT2D eigenvalue weighted by Gasteiger charge is 2.34. The van der Waals surface area contributed by atoms with E-state index in [2.05, 4.69) is 5.32 Å². The first-order valence-corrected chi connectivity index (χ1v) is 7.98. The fraction of sp³-hybridized carbons (Fsp3) is 0.158. The van der Waals surface area contributed by atoms with E-state index >= 15 is 0 Å². The van der Waals surface area contributed by atoms with Crippen molar-refractivity contribution in [1.82, 2.24) is 4.90 Å². The van der Waals surface area contributed by atoms with E-state index in [9.17, 15) is 19.2 Å². The maximum atomic E-state index is 12.3. The lowest BCUT2D eigenvalue weighted by Gasteiger charge is -2.14. The van der Waals surface area contributed by atoms with Gasteiger partial charge in [-0.2, -0.15) is 0 Å². The molecular formula is C19H16N2O5. The number of nitrogens with one attached hydrogen (secondary N) is 1. The Bertz CT molecular complexity index is 900. The fourth-order valence-corrected chi connectivity index (χ4v) is 2.87. The van der Waals surface area contributed by atoms with Crippen molar-refractivity contribution in [3.8, 4) is 0 Å². The molecule has 7 nitrogen and oxygen atoms in total. The van der Waals surface area contributed by atoms with Gasteiger partial charge in [0.15, 0.2) is 0 Å². The van der Waals surface area contributed by atoms with E-state index < -0.39 is 23.7 Å². The standard InChI is InChI=1S/C19H16N2O5/c1-11-12(19(25)26)7-4-8-15(11)20-16(22)9-10-21-17(23)13-5-2-3-6-14(13)18(21)24/h2-8H,9-10H2,1H3,(H,20,22)(H,25,26). The van der Waals surface area contributed by atoms with Crippen LogP contribution in [0, 0.1) is 6.92 Å². The average Bonchev–Trinajstić information content (AvgIpc) is 2.86. The van der Waals surface area contributed by atoms with Crippen LogP contribution in [0.4, 0.5) is 5.69 Å². The Kier molecular flexibility index (Phi) is 4.53. The predicted molar refractivity (Wildman–Crippen MR) is 93.2 cm³/mol. The van der Waals surface area contributed by atoms with Crippen LogP contribution in [0.2, 0.25) is 0 Å². The number of nitrogens with zero attached hydrogens (tertiary/aromatic N) is 1. The van der Waals surface area contributed by atoms with Crippen molar-refractivity contribution in [1.29, 1.82) is 0 Å². The Morgan fingerprint density at radius 2 is 1.62 bits per heavy atom. The maximum Gasteiger partial charge on any atom is 0.336 e. The lowest BCUT2D eigenvalue weighted by atomic mass is 10.1. The molecule has 0 unspecified atom stereocenters. The summed E-state index contributed by atoms with van der Waals surface area (Å²) in [5, 5.41) is 11.7. The molecule has 2 aromatic carbocycles. The zero-order chi connectivity index (χ0) is 18.8. The number of rotatable bonds is 5. The van der Waals surface area contributed by atoms with Gasteiger partial charge in [0.2, 0.25) is 5.91 Å². The van der Waals surface area contributed by atoms with Crippen molar-refractivity contribution < 1.29 is 24.3 Å². The van der Waals surface area contributed by atoms with E-state index in [0.29, 0.717) is 22.4 Å². The number of aromatic carboxylic acids is 1. The Morgan fingerprint density at radius 3 is 2.19 bits per heavy atom. The van der Waals surface area contributed by atoms with E-state index in [1.54, 1.807) is 37.3 Å². The van der Waals surface area contributed by atoms with Crippen LogP contribution < -0.4 is 5.32 Å². The van der Waals surface area contributed by atoms with Crippen molar-refractivity contribution in [2.75, 3.05) is 11.9 Å². The topological polar surface area (TPSA) is 104 Å². The lowest BCUT2D eigenvalue weighted by Crippen LogP contribution is -2.33. The molecular weight excluding hydrogens is 336 g/mol. The summed E-state index contributed by atoms with van der Waals surface area (Å²) in [6.07, 6.45) is -0.0811. The first kappa shape index (κ1) is 17.3.